The number of carboxylic acids is 1. The third-order valence-electron chi connectivity index (χ3n) is 5.30. The molecule has 0 saturated carbocycles. The Morgan fingerprint density at radius 2 is 1.66 bits per heavy atom. The van der Waals surface area contributed by atoms with Crippen molar-refractivity contribution in [3.8, 4) is 23.0 Å². The first-order valence-corrected chi connectivity index (χ1v) is 10.1. The molecular formula is C26H20FNO4. The molecule has 1 aliphatic carbocycles. The van der Waals surface area contributed by atoms with Crippen molar-refractivity contribution in [1.82, 2.24) is 5.32 Å². The first kappa shape index (κ1) is 21.1. The van der Waals surface area contributed by atoms with Crippen molar-refractivity contribution in [3.63, 3.8) is 0 Å². The summed E-state index contributed by atoms with van der Waals surface area (Å²) in [5.41, 5.74) is 4.58. The summed E-state index contributed by atoms with van der Waals surface area (Å²) >= 11 is 0. The zero-order valence-electron chi connectivity index (χ0n) is 17.1. The van der Waals surface area contributed by atoms with Crippen LogP contribution in [0.3, 0.4) is 0 Å². The summed E-state index contributed by atoms with van der Waals surface area (Å²) in [4.78, 5) is 22.9. The number of ether oxygens (including phenoxy) is 1. The monoisotopic (exact) mass is 429 g/mol. The van der Waals surface area contributed by atoms with Gasteiger partial charge in [0.2, 0.25) is 0 Å². The number of halogens is 1. The summed E-state index contributed by atoms with van der Waals surface area (Å²) in [7, 11) is 0. The van der Waals surface area contributed by atoms with Crippen molar-refractivity contribution in [1.29, 1.82) is 0 Å². The van der Waals surface area contributed by atoms with Gasteiger partial charge in [0.1, 0.15) is 12.4 Å². The van der Waals surface area contributed by atoms with Crippen LogP contribution in [0.25, 0.3) is 11.1 Å². The molecule has 6 heteroatoms. The Morgan fingerprint density at radius 3 is 2.28 bits per heavy atom. The summed E-state index contributed by atoms with van der Waals surface area (Å²) < 4.78 is 19.3. The molecule has 0 bridgehead atoms. The van der Waals surface area contributed by atoms with E-state index in [0.29, 0.717) is 6.42 Å². The second-order valence-electron chi connectivity index (χ2n) is 7.30. The van der Waals surface area contributed by atoms with Crippen molar-refractivity contribution < 1.29 is 23.8 Å². The molecule has 2 N–H and O–H groups in total. The minimum absolute atomic E-state index is 0.00955. The minimum Gasteiger partial charge on any atom is -0.478 e. The smallest absolute Gasteiger partial charge is 0.407 e. The van der Waals surface area contributed by atoms with Gasteiger partial charge in [-0.05, 0) is 40.5 Å². The number of benzene rings is 3. The number of hydrogen-bond donors (Lipinski definition) is 2. The standard InChI is InChI=1S/C26H20FNO4/c27-24-15-18(25(29)30)13-12-17(24)7-5-6-14-28-26(31)32-16-23-21-10-3-1-8-19(21)20-9-2-4-11-22(20)23/h1-4,8-13,15,23H,6,14,16H2,(H,28,31)(H,29,30). The van der Waals surface area contributed by atoms with E-state index in [1.54, 1.807) is 0 Å². The van der Waals surface area contributed by atoms with E-state index in [0.717, 1.165) is 28.3 Å². The quantitative estimate of drug-likeness (QED) is 0.451. The Morgan fingerprint density at radius 1 is 1.00 bits per heavy atom. The van der Waals surface area contributed by atoms with Gasteiger partial charge in [0.05, 0.1) is 11.1 Å². The van der Waals surface area contributed by atoms with Crippen LogP contribution in [-0.4, -0.2) is 30.3 Å². The van der Waals surface area contributed by atoms with Crippen LogP contribution < -0.4 is 5.32 Å². The molecule has 0 unspecified atom stereocenters. The Balaban J connectivity index is 1.28. The summed E-state index contributed by atoms with van der Waals surface area (Å²) in [5.74, 6) is 3.50. The third kappa shape index (κ3) is 4.47. The molecule has 0 heterocycles. The molecule has 0 saturated heterocycles. The van der Waals surface area contributed by atoms with Crippen LogP contribution in [0, 0.1) is 17.7 Å². The Hall–Kier alpha value is -4.11. The molecule has 0 radical (unpaired) electrons. The van der Waals surface area contributed by atoms with Gasteiger partial charge >= 0.3 is 12.1 Å². The summed E-state index contributed by atoms with van der Waals surface area (Å²) in [5, 5.41) is 11.5. The van der Waals surface area contributed by atoms with Crippen LogP contribution in [0.15, 0.2) is 66.7 Å². The predicted molar refractivity (Wildman–Crippen MR) is 118 cm³/mol. The number of aromatic carboxylic acids is 1. The molecule has 0 aromatic heterocycles. The van der Waals surface area contributed by atoms with Crippen molar-refractivity contribution >= 4 is 12.1 Å². The van der Waals surface area contributed by atoms with Gasteiger partial charge in [-0.1, -0.05) is 60.4 Å². The number of fused-ring (bicyclic) bond motifs is 3. The van der Waals surface area contributed by atoms with Crippen LogP contribution in [0.1, 0.15) is 39.4 Å². The highest BCUT2D eigenvalue weighted by Gasteiger charge is 2.28. The second kappa shape index (κ2) is 9.36. The topological polar surface area (TPSA) is 75.6 Å². The van der Waals surface area contributed by atoms with E-state index in [1.807, 2.05) is 24.3 Å². The van der Waals surface area contributed by atoms with Gasteiger partial charge in [-0.2, -0.15) is 0 Å². The number of carbonyl (C=O) groups excluding carboxylic acids is 1. The number of amides is 1. The maximum atomic E-state index is 13.9. The zero-order valence-corrected chi connectivity index (χ0v) is 17.1. The van der Waals surface area contributed by atoms with Gasteiger partial charge in [-0.25, -0.2) is 14.0 Å². The van der Waals surface area contributed by atoms with Gasteiger partial charge in [-0.15, -0.1) is 0 Å². The number of rotatable bonds is 5. The molecule has 0 atom stereocenters. The molecule has 3 aromatic carbocycles. The first-order valence-electron chi connectivity index (χ1n) is 10.1. The average Bonchev–Trinajstić information content (AvgIpc) is 3.12. The summed E-state index contributed by atoms with van der Waals surface area (Å²) in [6, 6.07) is 19.8. The molecule has 0 spiro atoms. The van der Waals surface area contributed by atoms with E-state index in [4.69, 9.17) is 9.84 Å². The number of alkyl carbamates (subject to hydrolysis) is 1. The van der Waals surface area contributed by atoms with Crippen LogP contribution in [0.2, 0.25) is 0 Å². The van der Waals surface area contributed by atoms with Crippen LogP contribution in [0.5, 0.6) is 0 Å². The van der Waals surface area contributed by atoms with Crippen molar-refractivity contribution in [2.45, 2.75) is 12.3 Å². The summed E-state index contributed by atoms with van der Waals surface area (Å²) in [6.45, 7) is 0.477. The van der Waals surface area contributed by atoms with Gasteiger partial charge in [0, 0.05) is 18.9 Å². The average molecular weight is 429 g/mol. The first-order chi connectivity index (χ1) is 15.5. The molecule has 32 heavy (non-hydrogen) atoms. The third-order valence-corrected chi connectivity index (χ3v) is 5.30. The van der Waals surface area contributed by atoms with Crippen LogP contribution >= 0.6 is 0 Å². The lowest BCUT2D eigenvalue weighted by Gasteiger charge is -2.14. The molecular weight excluding hydrogens is 409 g/mol. The van der Waals surface area contributed by atoms with Gasteiger partial charge in [0.15, 0.2) is 0 Å². The molecule has 1 aliphatic rings. The van der Waals surface area contributed by atoms with E-state index in [9.17, 15) is 14.0 Å². The highest BCUT2D eigenvalue weighted by atomic mass is 19.1. The molecule has 0 aliphatic heterocycles. The molecule has 5 nitrogen and oxygen atoms in total. The second-order valence-corrected chi connectivity index (χ2v) is 7.30. The van der Waals surface area contributed by atoms with Gasteiger partial charge in [0.25, 0.3) is 0 Å². The fraction of sp³-hybridized carbons (Fsp3) is 0.154. The van der Waals surface area contributed by atoms with Crippen molar-refractivity contribution in [3.05, 3.63) is 94.8 Å². The molecule has 0 fully saturated rings. The minimum atomic E-state index is -1.20. The molecule has 160 valence electrons. The maximum Gasteiger partial charge on any atom is 0.407 e. The lowest BCUT2D eigenvalue weighted by Crippen LogP contribution is -2.26. The lowest BCUT2D eigenvalue weighted by molar-refractivity contribution is 0.0696. The number of nitrogens with one attached hydrogen (secondary N) is 1. The van der Waals surface area contributed by atoms with E-state index in [-0.39, 0.29) is 30.2 Å². The largest absolute Gasteiger partial charge is 0.478 e. The predicted octanol–water partition coefficient (Wildman–Crippen LogP) is 4.80. The SMILES string of the molecule is O=C(NCCC#Cc1ccc(C(=O)O)cc1F)OCC1c2ccccc2-c2ccccc21. The highest BCUT2D eigenvalue weighted by Crippen LogP contribution is 2.44. The molecule has 1 amide bonds. The van der Waals surface area contributed by atoms with Gasteiger partial charge in [-0.3, -0.25) is 0 Å². The van der Waals surface area contributed by atoms with E-state index >= 15 is 0 Å². The maximum absolute atomic E-state index is 13.9. The molecule has 3 aromatic rings. The number of hydrogen-bond acceptors (Lipinski definition) is 3. The normalized spacial score (nSPS) is 11.7. The van der Waals surface area contributed by atoms with E-state index in [2.05, 4.69) is 41.4 Å². The van der Waals surface area contributed by atoms with Crippen LogP contribution in [-0.2, 0) is 4.74 Å². The highest BCUT2D eigenvalue weighted by molar-refractivity contribution is 5.87. The Kier molecular flexibility index (Phi) is 6.18. The van der Waals surface area contributed by atoms with E-state index in [1.165, 1.54) is 12.1 Å². The number of carbonyl (C=O) groups is 2. The fourth-order valence-corrected chi connectivity index (χ4v) is 3.78. The fourth-order valence-electron chi connectivity index (χ4n) is 3.78. The number of carboxylic acid groups (broad SMARTS) is 1. The van der Waals surface area contributed by atoms with Crippen molar-refractivity contribution in [2.24, 2.45) is 0 Å². The van der Waals surface area contributed by atoms with Crippen molar-refractivity contribution in [2.75, 3.05) is 13.2 Å². The summed E-state index contributed by atoms with van der Waals surface area (Å²) in [6.07, 6.45) is -0.240. The van der Waals surface area contributed by atoms with Gasteiger partial charge < -0.3 is 15.2 Å². The van der Waals surface area contributed by atoms with E-state index < -0.39 is 17.9 Å². The Bertz CT molecular complexity index is 1200. The molecule has 4 rings (SSSR count). The van der Waals surface area contributed by atoms with Crippen LogP contribution in [0.4, 0.5) is 9.18 Å². The zero-order chi connectivity index (χ0) is 22.5. The lowest BCUT2D eigenvalue weighted by atomic mass is 9.98. The Labute approximate surface area is 184 Å².